The van der Waals surface area contributed by atoms with Crippen molar-refractivity contribution in [1.29, 1.82) is 0 Å². The van der Waals surface area contributed by atoms with Gasteiger partial charge in [-0.2, -0.15) is 0 Å². The fourth-order valence-electron chi connectivity index (χ4n) is 1.72. The van der Waals surface area contributed by atoms with Gasteiger partial charge >= 0.3 is 0 Å². The number of anilines is 1. The molecular weight excluding hydrogens is 210 g/mol. The smallest absolute Gasteiger partial charge is 0.228 e. The molecule has 0 bridgehead atoms. The molecule has 2 rings (SSSR count). The molecule has 1 aromatic carbocycles. The second kappa shape index (κ2) is 3.96. The van der Waals surface area contributed by atoms with Crippen LogP contribution in [0.1, 0.15) is 6.42 Å². The minimum absolute atomic E-state index is 0.00812. The van der Waals surface area contributed by atoms with Crippen molar-refractivity contribution in [3.8, 4) is 12.3 Å². The van der Waals surface area contributed by atoms with E-state index >= 15 is 0 Å². The van der Waals surface area contributed by atoms with Crippen molar-refractivity contribution in [3.05, 3.63) is 29.3 Å². The van der Waals surface area contributed by atoms with Gasteiger partial charge in [0, 0.05) is 18.9 Å². The van der Waals surface area contributed by atoms with Gasteiger partial charge in [0.25, 0.3) is 0 Å². The van der Waals surface area contributed by atoms with Gasteiger partial charge in [-0.1, -0.05) is 23.7 Å². The summed E-state index contributed by atoms with van der Waals surface area (Å²) in [7, 11) is 0. The first-order chi connectivity index (χ1) is 7.22. The molecule has 0 N–H and O–H groups in total. The van der Waals surface area contributed by atoms with E-state index in [0.717, 1.165) is 5.69 Å². The zero-order valence-electron chi connectivity index (χ0n) is 8.11. The van der Waals surface area contributed by atoms with Crippen molar-refractivity contribution in [2.75, 3.05) is 11.4 Å². The number of hydrogen-bond acceptors (Lipinski definition) is 1. The molecule has 0 spiro atoms. The molecule has 1 fully saturated rings. The highest BCUT2D eigenvalue weighted by Crippen LogP contribution is 2.30. The van der Waals surface area contributed by atoms with E-state index in [9.17, 15) is 4.79 Å². The molecule has 1 atom stereocenters. The fourth-order valence-corrected chi connectivity index (χ4v) is 1.96. The normalized spacial score (nSPS) is 20.4. The summed E-state index contributed by atoms with van der Waals surface area (Å²) in [5.41, 5.74) is 0.752. The number of para-hydroxylation sites is 1. The van der Waals surface area contributed by atoms with Gasteiger partial charge in [-0.3, -0.25) is 4.79 Å². The lowest BCUT2D eigenvalue weighted by Gasteiger charge is -2.17. The lowest BCUT2D eigenvalue weighted by molar-refractivity contribution is -0.117. The van der Waals surface area contributed by atoms with Crippen LogP contribution in [-0.2, 0) is 4.79 Å². The molecule has 0 aliphatic carbocycles. The van der Waals surface area contributed by atoms with Gasteiger partial charge in [-0.15, -0.1) is 12.3 Å². The molecule has 1 saturated heterocycles. The highest BCUT2D eigenvalue weighted by molar-refractivity contribution is 6.33. The molecule has 1 aliphatic heterocycles. The van der Waals surface area contributed by atoms with Crippen LogP contribution in [0.15, 0.2) is 24.3 Å². The molecule has 1 unspecified atom stereocenters. The van der Waals surface area contributed by atoms with Crippen molar-refractivity contribution in [3.63, 3.8) is 0 Å². The SMILES string of the molecule is C#CC1CC(=O)N(c2ccccc2Cl)C1. The molecule has 0 aromatic heterocycles. The van der Waals surface area contributed by atoms with E-state index in [4.69, 9.17) is 18.0 Å². The second-order valence-corrected chi connectivity index (χ2v) is 3.93. The number of amides is 1. The van der Waals surface area contributed by atoms with Gasteiger partial charge < -0.3 is 4.90 Å². The lowest BCUT2D eigenvalue weighted by atomic mass is 10.1. The van der Waals surface area contributed by atoms with E-state index in [1.54, 1.807) is 11.0 Å². The number of benzene rings is 1. The van der Waals surface area contributed by atoms with Crippen LogP contribution in [-0.4, -0.2) is 12.5 Å². The Morgan fingerprint density at radius 2 is 2.20 bits per heavy atom. The Morgan fingerprint density at radius 3 is 2.80 bits per heavy atom. The number of carbonyl (C=O) groups is 1. The van der Waals surface area contributed by atoms with Crippen LogP contribution in [0, 0.1) is 18.3 Å². The maximum absolute atomic E-state index is 11.7. The Kier molecular flexibility index (Phi) is 2.66. The van der Waals surface area contributed by atoms with Crippen LogP contribution in [0.3, 0.4) is 0 Å². The van der Waals surface area contributed by atoms with Crippen molar-refractivity contribution in [1.82, 2.24) is 0 Å². The van der Waals surface area contributed by atoms with E-state index in [1.807, 2.05) is 18.2 Å². The molecule has 1 heterocycles. The highest BCUT2D eigenvalue weighted by atomic mass is 35.5. The highest BCUT2D eigenvalue weighted by Gasteiger charge is 2.30. The maximum Gasteiger partial charge on any atom is 0.228 e. The largest absolute Gasteiger partial charge is 0.310 e. The van der Waals surface area contributed by atoms with Crippen LogP contribution in [0.2, 0.25) is 5.02 Å². The minimum atomic E-state index is 0.00812. The number of rotatable bonds is 1. The number of terminal acetylenes is 1. The lowest BCUT2D eigenvalue weighted by Crippen LogP contribution is -2.24. The van der Waals surface area contributed by atoms with Gasteiger partial charge in [0.05, 0.1) is 10.7 Å². The van der Waals surface area contributed by atoms with Crippen LogP contribution < -0.4 is 4.90 Å². The third-order valence-corrected chi connectivity index (χ3v) is 2.82. The number of hydrogen-bond donors (Lipinski definition) is 0. The first kappa shape index (κ1) is 10.1. The van der Waals surface area contributed by atoms with Gasteiger partial charge in [0.2, 0.25) is 5.91 Å². The molecule has 1 amide bonds. The third kappa shape index (κ3) is 1.84. The van der Waals surface area contributed by atoms with Gasteiger partial charge in [-0.05, 0) is 12.1 Å². The predicted octanol–water partition coefficient (Wildman–Crippen LogP) is 2.33. The van der Waals surface area contributed by atoms with Gasteiger partial charge in [-0.25, -0.2) is 0 Å². The average molecular weight is 220 g/mol. The third-order valence-electron chi connectivity index (χ3n) is 2.50. The standard InChI is InChI=1S/C12H10ClNO/c1-2-9-7-12(15)14(8-9)11-6-4-3-5-10(11)13/h1,3-6,9H,7-8H2. The predicted molar refractivity (Wildman–Crippen MR) is 60.7 cm³/mol. The van der Waals surface area contributed by atoms with E-state index in [2.05, 4.69) is 5.92 Å². The van der Waals surface area contributed by atoms with E-state index in [0.29, 0.717) is 18.0 Å². The number of halogens is 1. The summed E-state index contributed by atoms with van der Waals surface area (Å²) in [6.07, 6.45) is 5.73. The van der Waals surface area contributed by atoms with E-state index in [-0.39, 0.29) is 11.8 Å². The summed E-state index contributed by atoms with van der Waals surface area (Å²) in [5, 5.41) is 0.587. The maximum atomic E-state index is 11.7. The second-order valence-electron chi connectivity index (χ2n) is 3.52. The minimum Gasteiger partial charge on any atom is -0.310 e. The number of nitrogens with zero attached hydrogens (tertiary/aromatic N) is 1. The zero-order chi connectivity index (χ0) is 10.8. The average Bonchev–Trinajstić information content (AvgIpc) is 2.60. The molecule has 0 saturated carbocycles. The first-order valence-corrected chi connectivity index (χ1v) is 5.11. The Hall–Kier alpha value is -1.46. The summed E-state index contributed by atoms with van der Waals surface area (Å²) in [5.74, 6) is 2.66. The summed E-state index contributed by atoms with van der Waals surface area (Å²) in [6.45, 7) is 0.569. The molecule has 3 heteroatoms. The van der Waals surface area contributed by atoms with Crippen LogP contribution in [0.5, 0.6) is 0 Å². The summed E-state index contributed by atoms with van der Waals surface area (Å²) in [6, 6.07) is 7.30. The summed E-state index contributed by atoms with van der Waals surface area (Å²) >= 11 is 6.01. The van der Waals surface area contributed by atoms with Crippen molar-refractivity contribution >= 4 is 23.2 Å². The number of carbonyl (C=O) groups excluding carboxylic acids is 1. The fraction of sp³-hybridized carbons (Fsp3) is 0.250. The monoisotopic (exact) mass is 219 g/mol. The molecule has 1 aliphatic rings. The van der Waals surface area contributed by atoms with Crippen molar-refractivity contribution < 1.29 is 4.79 Å². The van der Waals surface area contributed by atoms with Gasteiger partial charge in [0.15, 0.2) is 0 Å². The molecule has 1 aromatic rings. The molecule has 2 nitrogen and oxygen atoms in total. The first-order valence-electron chi connectivity index (χ1n) is 4.73. The van der Waals surface area contributed by atoms with Crippen LogP contribution in [0.25, 0.3) is 0 Å². The Balaban J connectivity index is 2.30. The van der Waals surface area contributed by atoms with Crippen LogP contribution >= 0.6 is 11.6 Å². The van der Waals surface area contributed by atoms with E-state index < -0.39 is 0 Å². The van der Waals surface area contributed by atoms with Crippen molar-refractivity contribution in [2.24, 2.45) is 5.92 Å². The van der Waals surface area contributed by atoms with Crippen LogP contribution in [0.4, 0.5) is 5.69 Å². The molecule has 0 radical (unpaired) electrons. The Labute approximate surface area is 93.8 Å². The van der Waals surface area contributed by atoms with E-state index in [1.165, 1.54) is 0 Å². The topological polar surface area (TPSA) is 20.3 Å². The quantitative estimate of drug-likeness (QED) is 0.664. The molecular formula is C12H10ClNO. The Bertz CT molecular complexity index is 435. The van der Waals surface area contributed by atoms with Crippen molar-refractivity contribution in [2.45, 2.75) is 6.42 Å². The zero-order valence-corrected chi connectivity index (χ0v) is 8.87. The Morgan fingerprint density at radius 1 is 1.47 bits per heavy atom. The van der Waals surface area contributed by atoms with Gasteiger partial charge in [0.1, 0.15) is 0 Å². The summed E-state index contributed by atoms with van der Waals surface area (Å²) in [4.78, 5) is 13.3. The molecule has 15 heavy (non-hydrogen) atoms. The summed E-state index contributed by atoms with van der Waals surface area (Å²) < 4.78 is 0. The molecule has 76 valence electrons.